The van der Waals surface area contributed by atoms with E-state index in [0.29, 0.717) is 0 Å². The summed E-state index contributed by atoms with van der Waals surface area (Å²) in [5.41, 5.74) is 0.258. The molecule has 1 heterocycles. The molecule has 1 aromatic rings. The highest BCUT2D eigenvalue weighted by Crippen LogP contribution is 2.17. The van der Waals surface area contributed by atoms with Gasteiger partial charge < -0.3 is 14.2 Å². The van der Waals surface area contributed by atoms with Gasteiger partial charge >= 0.3 is 11.9 Å². The molecule has 2 rings (SSSR count). The Hall–Kier alpha value is -2.65. The maximum Gasteiger partial charge on any atom is 0.303 e. The molecule has 1 aliphatic heterocycles. The number of hydrogen-bond acceptors (Lipinski definition) is 5. The summed E-state index contributed by atoms with van der Waals surface area (Å²) in [4.78, 5) is 22.1. The molecule has 0 bridgehead atoms. The standard InChI is InChI=1S/C18H17FO5/c1-12(20)22-11-18-17(23-13(2)21)10-9-15(24-18)8-7-14-5-3-4-6-16(14)19/h3-6,9-10,15,17-18H,11H2,1-2H3/t15-,17+,18-/m1/s1. The highest BCUT2D eigenvalue weighted by molar-refractivity contribution is 5.67. The van der Waals surface area contributed by atoms with Crippen molar-refractivity contribution in [2.75, 3.05) is 6.61 Å². The van der Waals surface area contributed by atoms with E-state index in [1.165, 1.54) is 19.9 Å². The van der Waals surface area contributed by atoms with E-state index >= 15 is 0 Å². The van der Waals surface area contributed by atoms with Gasteiger partial charge in [-0.15, -0.1) is 0 Å². The first kappa shape index (κ1) is 17.7. The van der Waals surface area contributed by atoms with Crippen LogP contribution in [0.3, 0.4) is 0 Å². The van der Waals surface area contributed by atoms with E-state index < -0.39 is 36.1 Å². The molecule has 0 aliphatic carbocycles. The molecule has 1 aromatic carbocycles. The van der Waals surface area contributed by atoms with Gasteiger partial charge in [0.1, 0.15) is 30.7 Å². The van der Waals surface area contributed by atoms with Gasteiger partial charge in [0.25, 0.3) is 0 Å². The van der Waals surface area contributed by atoms with Gasteiger partial charge in [-0.05, 0) is 24.3 Å². The number of ether oxygens (including phenoxy) is 3. The van der Waals surface area contributed by atoms with Crippen LogP contribution < -0.4 is 0 Å². The summed E-state index contributed by atoms with van der Waals surface area (Å²) in [7, 11) is 0. The summed E-state index contributed by atoms with van der Waals surface area (Å²) >= 11 is 0. The lowest BCUT2D eigenvalue weighted by atomic mass is 10.1. The molecule has 0 aromatic heterocycles. The van der Waals surface area contributed by atoms with Crippen molar-refractivity contribution in [3.05, 3.63) is 47.8 Å². The Labute approximate surface area is 139 Å². The van der Waals surface area contributed by atoms with E-state index in [2.05, 4.69) is 11.8 Å². The second-order valence-electron chi connectivity index (χ2n) is 5.11. The van der Waals surface area contributed by atoms with E-state index in [4.69, 9.17) is 14.2 Å². The molecule has 0 saturated heterocycles. The van der Waals surface area contributed by atoms with Crippen LogP contribution >= 0.6 is 0 Å². The smallest absolute Gasteiger partial charge is 0.303 e. The molecule has 0 saturated carbocycles. The number of halogens is 1. The van der Waals surface area contributed by atoms with Crippen molar-refractivity contribution >= 4 is 11.9 Å². The summed E-state index contributed by atoms with van der Waals surface area (Å²) in [6.45, 7) is 2.48. The lowest BCUT2D eigenvalue weighted by Crippen LogP contribution is -2.41. The number of carbonyl (C=O) groups excluding carboxylic acids is 2. The van der Waals surface area contributed by atoms with Gasteiger partial charge in [-0.25, -0.2) is 4.39 Å². The van der Waals surface area contributed by atoms with Crippen molar-refractivity contribution in [2.45, 2.75) is 32.2 Å². The average Bonchev–Trinajstić information content (AvgIpc) is 2.53. The molecule has 0 spiro atoms. The second kappa shape index (κ2) is 8.27. The summed E-state index contributed by atoms with van der Waals surface area (Å²) < 4.78 is 29.3. The number of rotatable bonds is 3. The van der Waals surface area contributed by atoms with E-state index in [-0.39, 0.29) is 12.2 Å². The first-order chi connectivity index (χ1) is 11.5. The van der Waals surface area contributed by atoms with Crippen molar-refractivity contribution in [2.24, 2.45) is 0 Å². The molecule has 126 valence electrons. The van der Waals surface area contributed by atoms with Crippen LogP contribution in [-0.2, 0) is 23.8 Å². The second-order valence-corrected chi connectivity index (χ2v) is 5.11. The van der Waals surface area contributed by atoms with Crippen LogP contribution in [0.5, 0.6) is 0 Å². The fourth-order valence-corrected chi connectivity index (χ4v) is 2.08. The Morgan fingerprint density at radius 2 is 1.96 bits per heavy atom. The largest absolute Gasteiger partial charge is 0.463 e. The molecule has 0 amide bonds. The average molecular weight is 332 g/mol. The molecule has 0 radical (unpaired) electrons. The van der Waals surface area contributed by atoms with Crippen LogP contribution in [0.1, 0.15) is 19.4 Å². The first-order valence-corrected chi connectivity index (χ1v) is 7.36. The van der Waals surface area contributed by atoms with Crippen molar-refractivity contribution in [3.8, 4) is 11.8 Å². The number of esters is 2. The normalized spacial score (nSPS) is 22.2. The molecular formula is C18H17FO5. The predicted molar refractivity (Wildman–Crippen MR) is 83.3 cm³/mol. The zero-order valence-corrected chi connectivity index (χ0v) is 13.3. The molecule has 5 nitrogen and oxygen atoms in total. The zero-order chi connectivity index (χ0) is 17.5. The Morgan fingerprint density at radius 3 is 2.62 bits per heavy atom. The van der Waals surface area contributed by atoms with E-state index in [1.54, 1.807) is 30.4 Å². The van der Waals surface area contributed by atoms with Crippen LogP contribution in [0.25, 0.3) is 0 Å². The summed E-state index contributed by atoms with van der Waals surface area (Å²) in [5, 5.41) is 0. The fraction of sp³-hybridized carbons (Fsp3) is 0.333. The first-order valence-electron chi connectivity index (χ1n) is 7.36. The SMILES string of the molecule is CC(=O)OC[C@H]1O[C@H](C#Cc2ccccc2F)C=C[C@@H]1OC(C)=O. The van der Waals surface area contributed by atoms with Gasteiger partial charge in [-0.2, -0.15) is 0 Å². The summed E-state index contributed by atoms with van der Waals surface area (Å²) in [6, 6.07) is 6.15. The van der Waals surface area contributed by atoms with Gasteiger partial charge in [0.15, 0.2) is 0 Å². The van der Waals surface area contributed by atoms with Gasteiger partial charge in [0.2, 0.25) is 0 Å². The van der Waals surface area contributed by atoms with Crippen LogP contribution in [0.2, 0.25) is 0 Å². The predicted octanol–water partition coefficient (Wildman–Crippen LogP) is 2.00. The number of carbonyl (C=O) groups is 2. The highest BCUT2D eigenvalue weighted by atomic mass is 19.1. The minimum atomic E-state index is -0.678. The van der Waals surface area contributed by atoms with E-state index in [0.717, 1.165) is 0 Å². The molecule has 3 atom stereocenters. The maximum atomic E-state index is 13.6. The topological polar surface area (TPSA) is 61.8 Å². The Morgan fingerprint density at radius 1 is 1.21 bits per heavy atom. The monoisotopic (exact) mass is 332 g/mol. The lowest BCUT2D eigenvalue weighted by molar-refractivity contribution is -0.161. The van der Waals surface area contributed by atoms with Crippen molar-refractivity contribution in [3.63, 3.8) is 0 Å². The molecule has 1 aliphatic rings. The quantitative estimate of drug-likeness (QED) is 0.481. The number of benzene rings is 1. The summed E-state index contributed by atoms with van der Waals surface area (Å²) in [6.07, 6.45) is 1.26. The fourth-order valence-electron chi connectivity index (χ4n) is 2.08. The molecule has 0 N–H and O–H groups in total. The lowest BCUT2D eigenvalue weighted by Gasteiger charge is -2.29. The number of hydrogen-bond donors (Lipinski definition) is 0. The molecular weight excluding hydrogens is 315 g/mol. The molecule has 0 fully saturated rings. The third kappa shape index (κ3) is 5.21. The van der Waals surface area contributed by atoms with Crippen LogP contribution in [0.15, 0.2) is 36.4 Å². The minimum Gasteiger partial charge on any atom is -0.463 e. The highest BCUT2D eigenvalue weighted by Gasteiger charge is 2.30. The van der Waals surface area contributed by atoms with Crippen LogP contribution in [0.4, 0.5) is 4.39 Å². The Kier molecular flexibility index (Phi) is 6.10. The zero-order valence-electron chi connectivity index (χ0n) is 13.3. The maximum absolute atomic E-state index is 13.6. The van der Waals surface area contributed by atoms with Crippen LogP contribution in [-0.4, -0.2) is 36.9 Å². The van der Waals surface area contributed by atoms with Crippen molar-refractivity contribution in [1.82, 2.24) is 0 Å². The molecule has 0 unspecified atom stereocenters. The van der Waals surface area contributed by atoms with Crippen molar-refractivity contribution in [1.29, 1.82) is 0 Å². The minimum absolute atomic E-state index is 0.0739. The van der Waals surface area contributed by atoms with Gasteiger partial charge in [-0.1, -0.05) is 24.0 Å². The summed E-state index contributed by atoms with van der Waals surface area (Å²) in [5.74, 6) is 4.14. The van der Waals surface area contributed by atoms with E-state index in [1.807, 2.05) is 0 Å². The van der Waals surface area contributed by atoms with Gasteiger partial charge in [0, 0.05) is 13.8 Å². The Balaban J connectivity index is 2.11. The third-order valence-corrected chi connectivity index (χ3v) is 3.14. The molecule has 6 heteroatoms. The van der Waals surface area contributed by atoms with Crippen LogP contribution in [0, 0.1) is 17.7 Å². The van der Waals surface area contributed by atoms with Crippen molar-refractivity contribution < 1.29 is 28.2 Å². The van der Waals surface area contributed by atoms with E-state index in [9.17, 15) is 14.0 Å². The molecule has 24 heavy (non-hydrogen) atoms. The van der Waals surface area contributed by atoms with Gasteiger partial charge in [-0.3, -0.25) is 9.59 Å². The third-order valence-electron chi connectivity index (χ3n) is 3.14. The van der Waals surface area contributed by atoms with Gasteiger partial charge in [0.05, 0.1) is 5.56 Å². The Bertz CT molecular complexity index is 701.